The summed E-state index contributed by atoms with van der Waals surface area (Å²) in [6.45, 7) is 1.67. The molecule has 0 saturated carbocycles. The van der Waals surface area contributed by atoms with Gasteiger partial charge >= 0.3 is 5.97 Å². The lowest BCUT2D eigenvalue weighted by Crippen LogP contribution is -2.53. The van der Waals surface area contributed by atoms with Crippen molar-refractivity contribution in [1.82, 2.24) is 0 Å². The molecule has 1 rings (SSSR count). The average molecular weight is 184 g/mol. The molecule has 5 heteroatoms. The molecule has 0 fully saturated rings. The van der Waals surface area contributed by atoms with E-state index in [1.54, 1.807) is 13.0 Å². The van der Waals surface area contributed by atoms with E-state index in [2.05, 4.69) is 4.99 Å². The number of hydrogen-bond donors (Lipinski definition) is 2. The molecule has 1 heterocycles. The van der Waals surface area contributed by atoms with Gasteiger partial charge in [0.05, 0.1) is 13.0 Å². The summed E-state index contributed by atoms with van der Waals surface area (Å²) in [5, 5.41) is 8.86. The van der Waals surface area contributed by atoms with Gasteiger partial charge in [-0.1, -0.05) is 6.92 Å². The number of rotatable bonds is 2. The van der Waals surface area contributed by atoms with Crippen LogP contribution in [0.2, 0.25) is 0 Å². The first-order valence-electron chi connectivity index (χ1n) is 3.84. The molecule has 0 saturated heterocycles. The molecule has 0 bridgehead atoms. The third kappa shape index (κ3) is 1.42. The van der Waals surface area contributed by atoms with Crippen LogP contribution in [0.25, 0.3) is 0 Å². The van der Waals surface area contributed by atoms with Crippen LogP contribution in [0.1, 0.15) is 6.92 Å². The largest absolute Gasteiger partial charge is 0.501 e. The lowest BCUT2D eigenvalue weighted by atomic mass is 9.91. The van der Waals surface area contributed by atoms with Gasteiger partial charge in [0.2, 0.25) is 5.66 Å². The van der Waals surface area contributed by atoms with Crippen molar-refractivity contribution in [2.45, 2.75) is 12.6 Å². The van der Waals surface area contributed by atoms with Crippen LogP contribution in [-0.2, 0) is 9.53 Å². The molecule has 5 nitrogen and oxygen atoms in total. The predicted molar refractivity (Wildman–Crippen MR) is 47.3 cm³/mol. The van der Waals surface area contributed by atoms with E-state index >= 15 is 0 Å². The van der Waals surface area contributed by atoms with Gasteiger partial charge in [-0.2, -0.15) is 0 Å². The number of carboxylic acid groups (broad SMARTS) is 1. The summed E-state index contributed by atoms with van der Waals surface area (Å²) < 4.78 is 4.98. The second kappa shape index (κ2) is 3.18. The summed E-state index contributed by atoms with van der Waals surface area (Å²) in [5.41, 5.74) is 4.00. The summed E-state index contributed by atoms with van der Waals surface area (Å²) in [6, 6.07) is 0. The minimum absolute atomic E-state index is 0.458. The highest BCUT2D eigenvalue weighted by Gasteiger charge is 2.43. The van der Waals surface area contributed by atoms with E-state index in [1.165, 1.54) is 13.3 Å². The molecule has 0 radical (unpaired) electrons. The summed E-state index contributed by atoms with van der Waals surface area (Å²) in [7, 11) is 1.48. The average Bonchev–Trinajstić information content (AvgIpc) is 2.09. The molecule has 0 amide bonds. The normalized spacial score (nSPS) is 32.5. The highest BCUT2D eigenvalue weighted by Crippen LogP contribution is 2.27. The summed E-state index contributed by atoms with van der Waals surface area (Å²) in [4.78, 5) is 14.6. The molecule has 2 atom stereocenters. The molecule has 0 aliphatic carbocycles. The van der Waals surface area contributed by atoms with Gasteiger partial charge in [-0.15, -0.1) is 0 Å². The van der Waals surface area contributed by atoms with Crippen molar-refractivity contribution in [3.05, 3.63) is 11.8 Å². The van der Waals surface area contributed by atoms with Crippen molar-refractivity contribution in [3.8, 4) is 0 Å². The van der Waals surface area contributed by atoms with Crippen LogP contribution in [0.4, 0.5) is 0 Å². The molecule has 1 aliphatic rings. The Kier molecular flexibility index (Phi) is 2.38. The number of aliphatic carboxylic acids is 1. The van der Waals surface area contributed by atoms with E-state index in [-0.39, 0.29) is 0 Å². The Hall–Kier alpha value is -1.36. The van der Waals surface area contributed by atoms with E-state index < -0.39 is 17.6 Å². The van der Waals surface area contributed by atoms with Crippen molar-refractivity contribution < 1.29 is 14.6 Å². The first kappa shape index (κ1) is 9.73. The number of nitrogens with two attached hydrogens (primary N) is 1. The van der Waals surface area contributed by atoms with Gasteiger partial charge in [0.25, 0.3) is 0 Å². The Labute approximate surface area is 75.9 Å². The van der Waals surface area contributed by atoms with Gasteiger partial charge in [-0.3, -0.25) is 10.7 Å². The Morgan fingerprint density at radius 1 is 1.85 bits per heavy atom. The number of hydrogen-bond acceptors (Lipinski definition) is 4. The summed E-state index contributed by atoms with van der Waals surface area (Å²) in [6.07, 6.45) is 2.96. The van der Waals surface area contributed by atoms with Crippen LogP contribution in [-0.4, -0.2) is 30.1 Å². The maximum absolute atomic E-state index is 10.8. The number of methoxy groups -OCH3 is 1. The van der Waals surface area contributed by atoms with Gasteiger partial charge in [0.1, 0.15) is 5.76 Å². The molecular weight excluding hydrogens is 172 g/mol. The lowest BCUT2D eigenvalue weighted by Gasteiger charge is -2.30. The van der Waals surface area contributed by atoms with E-state index in [0.717, 1.165) is 0 Å². The zero-order valence-electron chi connectivity index (χ0n) is 7.52. The maximum atomic E-state index is 10.8. The van der Waals surface area contributed by atoms with Crippen LogP contribution in [0.5, 0.6) is 0 Å². The van der Waals surface area contributed by atoms with Crippen molar-refractivity contribution in [2.75, 3.05) is 7.11 Å². The Balaban J connectivity index is 3.01. The van der Waals surface area contributed by atoms with E-state index in [4.69, 9.17) is 15.6 Å². The molecule has 0 spiro atoms. The third-order valence-corrected chi connectivity index (χ3v) is 2.19. The highest BCUT2D eigenvalue weighted by atomic mass is 16.5. The SMILES string of the molecule is COC1=CC=NC(N)(C(=O)O)C1C. The first-order chi connectivity index (χ1) is 6.02. The number of dihydropyridines is 1. The molecule has 0 aromatic carbocycles. The summed E-state index contributed by atoms with van der Waals surface area (Å²) in [5.74, 6) is -1.08. The fourth-order valence-corrected chi connectivity index (χ4v) is 1.19. The number of aliphatic imine (C=N–C) groups is 1. The minimum atomic E-state index is -1.60. The second-order valence-corrected chi connectivity index (χ2v) is 2.90. The highest BCUT2D eigenvalue weighted by molar-refractivity contribution is 5.85. The first-order valence-corrected chi connectivity index (χ1v) is 3.84. The van der Waals surface area contributed by atoms with Gasteiger partial charge in [0.15, 0.2) is 0 Å². The maximum Gasteiger partial charge on any atom is 0.347 e. The fourth-order valence-electron chi connectivity index (χ4n) is 1.19. The molecule has 0 aromatic heterocycles. The van der Waals surface area contributed by atoms with Crippen molar-refractivity contribution in [3.63, 3.8) is 0 Å². The Morgan fingerprint density at radius 3 is 2.92 bits per heavy atom. The molecule has 3 N–H and O–H groups in total. The van der Waals surface area contributed by atoms with Crippen molar-refractivity contribution in [2.24, 2.45) is 16.6 Å². The quantitative estimate of drug-likeness (QED) is 0.631. The second-order valence-electron chi connectivity index (χ2n) is 2.90. The number of ether oxygens (including phenoxy) is 1. The lowest BCUT2D eigenvalue weighted by molar-refractivity contribution is -0.145. The van der Waals surface area contributed by atoms with E-state index in [1.807, 2.05) is 0 Å². The van der Waals surface area contributed by atoms with Gasteiger partial charge in [-0.25, -0.2) is 4.79 Å². The topological polar surface area (TPSA) is 84.9 Å². The van der Waals surface area contributed by atoms with Gasteiger partial charge < -0.3 is 9.84 Å². The number of carbonyl (C=O) groups is 1. The summed E-state index contributed by atoms with van der Waals surface area (Å²) >= 11 is 0. The fraction of sp³-hybridized carbons (Fsp3) is 0.500. The van der Waals surface area contributed by atoms with Crippen LogP contribution in [0.3, 0.4) is 0 Å². The third-order valence-electron chi connectivity index (χ3n) is 2.19. The van der Waals surface area contributed by atoms with Crippen LogP contribution in [0.15, 0.2) is 16.8 Å². The van der Waals surface area contributed by atoms with Crippen LogP contribution >= 0.6 is 0 Å². The van der Waals surface area contributed by atoms with Gasteiger partial charge in [-0.05, 0) is 6.08 Å². The Bertz CT molecular complexity index is 285. The standard InChI is InChI=1S/C8H12N2O3/c1-5-6(13-2)3-4-10-8(5,9)7(11)12/h3-5H,9H2,1-2H3,(H,11,12). The zero-order valence-corrected chi connectivity index (χ0v) is 7.52. The molecule has 1 aliphatic heterocycles. The monoisotopic (exact) mass is 184 g/mol. The smallest absolute Gasteiger partial charge is 0.347 e. The molecule has 0 aromatic rings. The van der Waals surface area contributed by atoms with Crippen LogP contribution in [0, 0.1) is 5.92 Å². The van der Waals surface area contributed by atoms with E-state index in [0.29, 0.717) is 5.76 Å². The molecule has 72 valence electrons. The van der Waals surface area contributed by atoms with Crippen LogP contribution < -0.4 is 5.73 Å². The van der Waals surface area contributed by atoms with Crippen molar-refractivity contribution >= 4 is 12.2 Å². The molecule has 2 unspecified atom stereocenters. The van der Waals surface area contributed by atoms with Gasteiger partial charge in [0, 0.05) is 6.21 Å². The van der Waals surface area contributed by atoms with Crippen molar-refractivity contribution in [1.29, 1.82) is 0 Å². The molecule has 13 heavy (non-hydrogen) atoms. The minimum Gasteiger partial charge on any atom is -0.501 e. The zero-order chi connectivity index (χ0) is 10.1. The number of carboxylic acids is 1. The predicted octanol–water partition coefficient (Wildman–Crippen LogP) is -0.0232. The number of allylic oxidation sites excluding steroid dienone is 1. The Morgan fingerprint density at radius 2 is 2.46 bits per heavy atom. The molecular formula is C8H12N2O3. The number of nitrogens with zero attached hydrogens (tertiary/aromatic N) is 1. The van der Waals surface area contributed by atoms with E-state index in [9.17, 15) is 4.79 Å².